The van der Waals surface area contributed by atoms with Crippen LogP contribution in [0.25, 0.3) is 0 Å². The number of carbonyl (C=O) groups excluding carboxylic acids is 2. The lowest BCUT2D eigenvalue weighted by molar-refractivity contribution is -0.121. The number of nitrogens with one attached hydrogen (secondary N) is 2. The van der Waals surface area contributed by atoms with Crippen LogP contribution in [0.3, 0.4) is 0 Å². The molecule has 0 unspecified atom stereocenters. The van der Waals surface area contributed by atoms with Crippen LogP contribution < -0.4 is 16.4 Å². The second kappa shape index (κ2) is 4.77. The molecule has 7 nitrogen and oxygen atoms in total. The van der Waals surface area contributed by atoms with Crippen LogP contribution in [0.1, 0.15) is 12.8 Å². The summed E-state index contributed by atoms with van der Waals surface area (Å²) in [6, 6.07) is 0. The maximum absolute atomic E-state index is 11.9. The lowest BCUT2D eigenvalue weighted by Crippen LogP contribution is -2.30. The van der Waals surface area contributed by atoms with Gasteiger partial charge in [-0.05, 0) is 12.8 Å². The van der Waals surface area contributed by atoms with E-state index in [4.69, 9.17) is 5.73 Å². The Morgan fingerprint density at radius 1 is 1.56 bits per heavy atom. The van der Waals surface area contributed by atoms with Gasteiger partial charge in [0.15, 0.2) is 0 Å². The van der Waals surface area contributed by atoms with E-state index in [-0.39, 0.29) is 23.8 Å². The van der Waals surface area contributed by atoms with Gasteiger partial charge >= 0.3 is 0 Å². The molecule has 0 aromatic carbocycles. The molecule has 2 amide bonds. The van der Waals surface area contributed by atoms with Crippen LogP contribution in [0, 0.1) is 5.41 Å². The van der Waals surface area contributed by atoms with Crippen LogP contribution >= 0.6 is 0 Å². The van der Waals surface area contributed by atoms with Gasteiger partial charge in [0.1, 0.15) is 6.54 Å². The number of nitrogens with two attached hydrogens (primary N) is 1. The molecule has 1 fully saturated rings. The maximum Gasteiger partial charge on any atom is 0.241 e. The number of hydrogen-bond donors (Lipinski definition) is 3. The molecule has 0 bridgehead atoms. The van der Waals surface area contributed by atoms with Crippen molar-refractivity contribution in [2.75, 3.05) is 18.9 Å². The summed E-state index contributed by atoms with van der Waals surface area (Å²) in [4.78, 5) is 23.1. The van der Waals surface area contributed by atoms with Crippen molar-refractivity contribution in [3.8, 4) is 0 Å². The van der Waals surface area contributed by atoms with E-state index in [9.17, 15) is 9.59 Å². The molecule has 1 aromatic heterocycles. The van der Waals surface area contributed by atoms with Gasteiger partial charge in [-0.15, -0.1) is 0 Å². The Balaban J connectivity index is 1.94. The third kappa shape index (κ3) is 2.51. The molecular formula is C11H17N5O2. The maximum atomic E-state index is 11.9. The minimum absolute atomic E-state index is 0.0653. The molecule has 7 heteroatoms. The zero-order valence-corrected chi connectivity index (χ0v) is 10.3. The van der Waals surface area contributed by atoms with E-state index in [1.807, 2.05) is 0 Å². The molecule has 4 N–H and O–H groups in total. The highest BCUT2D eigenvalue weighted by atomic mass is 16.2. The molecule has 1 aromatic rings. The van der Waals surface area contributed by atoms with Gasteiger partial charge in [-0.2, -0.15) is 5.10 Å². The Kier molecular flexibility index (Phi) is 3.33. The largest absolute Gasteiger partial charge is 0.358 e. The highest BCUT2D eigenvalue weighted by Crippen LogP contribution is 2.45. The second-order valence-corrected chi connectivity index (χ2v) is 4.54. The lowest BCUT2D eigenvalue weighted by Gasteiger charge is -2.10. The molecule has 0 saturated heterocycles. The minimum atomic E-state index is -0.386. The molecule has 0 atom stereocenters. The van der Waals surface area contributed by atoms with Gasteiger partial charge in [0.25, 0.3) is 0 Å². The summed E-state index contributed by atoms with van der Waals surface area (Å²) in [5.41, 5.74) is 5.78. The predicted molar refractivity (Wildman–Crippen MR) is 65.6 cm³/mol. The average Bonchev–Trinajstić information content (AvgIpc) is 3.06. The van der Waals surface area contributed by atoms with Crippen molar-refractivity contribution in [3.63, 3.8) is 0 Å². The Bertz CT molecular complexity index is 464. The van der Waals surface area contributed by atoms with Crippen LogP contribution in [-0.2, 0) is 16.1 Å². The third-order valence-electron chi connectivity index (χ3n) is 3.20. The van der Waals surface area contributed by atoms with Gasteiger partial charge < -0.3 is 16.4 Å². The number of anilines is 1. The molecule has 2 rings (SSSR count). The summed E-state index contributed by atoms with van der Waals surface area (Å²) in [5, 5.41) is 9.27. The van der Waals surface area contributed by atoms with Crippen LogP contribution in [0.15, 0.2) is 12.4 Å². The average molecular weight is 251 g/mol. The van der Waals surface area contributed by atoms with Crippen LogP contribution in [0.5, 0.6) is 0 Å². The van der Waals surface area contributed by atoms with Crippen molar-refractivity contribution < 1.29 is 9.59 Å². The third-order valence-corrected chi connectivity index (χ3v) is 3.20. The highest BCUT2D eigenvalue weighted by molar-refractivity contribution is 5.97. The number of aromatic nitrogens is 2. The Morgan fingerprint density at radius 2 is 2.28 bits per heavy atom. The zero-order chi connectivity index (χ0) is 13.2. The first-order valence-corrected chi connectivity index (χ1v) is 5.84. The fourth-order valence-electron chi connectivity index (χ4n) is 1.68. The van der Waals surface area contributed by atoms with E-state index in [0.717, 1.165) is 12.8 Å². The number of rotatable bonds is 5. The van der Waals surface area contributed by atoms with E-state index in [1.165, 1.54) is 10.9 Å². The first-order chi connectivity index (χ1) is 8.59. The first-order valence-electron chi connectivity index (χ1n) is 5.84. The molecule has 1 aliphatic carbocycles. The highest BCUT2D eigenvalue weighted by Gasteiger charge is 2.48. The molecule has 1 aliphatic rings. The fraction of sp³-hybridized carbons (Fsp3) is 0.545. The molecule has 18 heavy (non-hydrogen) atoms. The quantitative estimate of drug-likeness (QED) is 0.644. The fourth-order valence-corrected chi connectivity index (χ4v) is 1.68. The van der Waals surface area contributed by atoms with Crippen molar-refractivity contribution in [3.05, 3.63) is 12.4 Å². The summed E-state index contributed by atoms with van der Waals surface area (Å²) in [5.74, 6) is -0.207. The van der Waals surface area contributed by atoms with Gasteiger partial charge in [0.05, 0.1) is 17.3 Å². The predicted octanol–water partition coefficient (Wildman–Crippen LogP) is -0.693. The number of carbonyl (C=O) groups is 2. The first kappa shape index (κ1) is 12.6. The van der Waals surface area contributed by atoms with Crippen molar-refractivity contribution in [2.24, 2.45) is 11.1 Å². The van der Waals surface area contributed by atoms with Gasteiger partial charge in [0, 0.05) is 19.8 Å². The molecule has 0 spiro atoms. The second-order valence-electron chi connectivity index (χ2n) is 4.54. The molecule has 98 valence electrons. The Morgan fingerprint density at radius 3 is 2.83 bits per heavy atom. The normalized spacial score (nSPS) is 16.1. The van der Waals surface area contributed by atoms with Gasteiger partial charge in [-0.25, -0.2) is 0 Å². The van der Waals surface area contributed by atoms with E-state index in [0.29, 0.717) is 12.2 Å². The summed E-state index contributed by atoms with van der Waals surface area (Å²) < 4.78 is 1.47. The van der Waals surface area contributed by atoms with E-state index < -0.39 is 0 Å². The smallest absolute Gasteiger partial charge is 0.241 e. The molecule has 0 aliphatic heterocycles. The number of amides is 2. The standard InChI is InChI=1S/C11H17N5O2/c1-13-9(17)6-16-5-8(4-14-16)15-10(18)11(7-12)2-3-11/h4-5H,2-3,6-7,12H2,1H3,(H,13,17)(H,15,18). The molecule has 0 radical (unpaired) electrons. The Labute approximate surface area is 105 Å². The summed E-state index contributed by atoms with van der Waals surface area (Å²) in [6.45, 7) is 0.500. The van der Waals surface area contributed by atoms with Crippen LogP contribution in [0.2, 0.25) is 0 Å². The minimum Gasteiger partial charge on any atom is -0.358 e. The Hall–Kier alpha value is -1.89. The van der Waals surface area contributed by atoms with E-state index in [1.54, 1.807) is 13.2 Å². The SMILES string of the molecule is CNC(=O)Cn1cc(NC(=O)C2(CN)CC2)cn1. The lowest BCUT2D eigenvalue weighted by atomic mass is 10.1. The topological polar surface area (TPSA) is 102 Å². The van der Waals surface area contributed by atoms with E-state index in [2.05, 4.69) is 15.7 Å². The van der Waals surface area contributed by atoms with Gasteiger partial charge in [-0.3, -0.25) is 14.3 Å². The number of likely N-dealkylation sites (N-methyl/N-ethyl adjacent to an activating group) is 1. The van der Waals surface area contributed by atoms with Crippen molar-refractivity contribution in [1.29, 1.82) is 0 Å². The summed E-state index contributed by atoms with van der Waals surface area (Å²) in [7, 11) is 1.56. The monoisotopic (exact) mass is 251 g/mol. The molecular weight excluding hydrogens is 234 g/mol. The number of hydrogen-bond acceptors (Lipinski definition) is 4. The summed E-state index contributed by atoms with van der Waals surface area (Å²) in [6.07, 6.45) is 4.82. The molecule has 1 heterocycles. The van der Waals surface area contributed by atoms with E-state index >= 15 is 0 Å². The number of nitrogens with zero attached hydrogens (tertiary/aromatic N) is 2. The van der Waals surface area contributed by atoms with Crippen molar-refractivity contribution in [1.82, 2.24) is 15.1 Å². The van der Waals surface area contributed by atoms with Crippen LogP contribution in [0.4, 0.5) is 5.69 Å². The molecule has 1 saturated carbocycles. The van der Waals surface area contributed by atoms with Gasteiger partial charge in [0.2, 0.25) is 11.8 Å². The summed E-state index contributed by atoms with van der Waals surface area (Å²) >= 11 is 0. The zero-order valence-electron chi connectivity index (χ0n) is 10.3. The van der Waals surface area contributed by atoms with Crippen molar-refractivity contribution in [2.45, 2.75) is 19.4 Å². The van der Waals surface area contributed by atoms with Crippen molar-refractivity contribution >= 4 is 17.5 Å². The van der Waals surface area contributed by atoms with Crippen LogP contribution in [-0.4, -0.2) is 35.2 Å². The van der Waals surface area contributed by atoms with Gasteiger partial charge in [-0.1, -0.05) is 0 Å².